The molecule has 0 amide bonds. The van der Waals surface area contributed by atoms with Crippen LogP contribution in [0.4, 0.5) is 0 Å². The van der Waals surface area contributed by atoms with Crippen molar-refractivity contribution in [1.29, 1.82) is 0 Å². The van der Waals surface area contributed by atoms with Gasteiger partial charge in [-0.2, -0.15) is 0 Å². The van der Waals surface area contributed by atoms with Crippen LogP contribution in [0.1, 0.15) is 19.3 Å². The second kappa shape index (κ2) is 5.80. The van der Waals surface area contributed by atoms with Gasteiger partial charge < -0.3 is 10.0 Å². The van der Waals surface area contributed by atoms with Crippen molar-refractivity contribution in [2.75, 3.05) is 26.2 Å². The Morgan fingerprint density at radius 3 is 2.69 bits per heavy atom. The standard InChI is InChI=1S/C8H16N4O/c9-11-10-8(7-13)3-6-12-4-1-2-5-12/h8,13H,1-7H2. The van der Waals surface area contributed by atoms with Gasteiger partial charge in [-0.1, -0.05) is 5.11 Å². The zero-order valence-corrected chi connectivity index (χ0v) is 7.76. The molecule has 5 heteroatoms. The van der Waals surface area contributed by atoms with Gasteiger partial charge in [-0.15, -0.1) is 0 Å². The average molecular weight is 184 g/mol. The molecule has 13 heavy (non-hydrogen) atoms. The van der Waals surface area contributed by atoms with E-state index in [0.29, 0.717) is 0 Å². The van der Waals surface area contributed by atoms with Gasteiger partial charge in [-0.25, -0.2) is 0 Å². The largest absolute Gasteiger partial charge is 0.396 e. The molecule has 1 fully saturated rings. The van der Waals surface area contributed by atoms with Crippen LogP contribution in [0.2, 0.25) is 0 Å². The number of nitrogens with zero attached hydrogens (tertiary/aromatic N) is 4. The molecule has 1 saturated heterocycles. The highest BCUT2D eigenvalue weighted by molar-refractivity contribution is 4.71. The Morgan fingerprint density at radius 2 is 2.15 bits per heavy atom. The molecular formula is C8H16N4O. The average Bonchev–Trinajstić information content (AvgIpc) is 2.64. The van der Waals surface area contributed by atoms with Crippen LogP contribution in [0.3, 0.4) is 0 Å². The van der Waals surface area contributed by atoms with Gasteiger partial charge in [0.05, 0.1) is 12.6 Å². The highest BCUT2D eigenvalue weighted by Gasteiger charge is 2.13. The van der Waals surface area contributed by atoms with E-state index in [2.05, 4.69) is 14.9 Å². The topological polar surface area (TPSA) is 72.2 Å². The summed E-state index contributed by atoms with van der Waals surface area (Å²) in [5, 5.41) is 12.4. The van der Waals surface area contributed by atoms with Crippen molar-refractivity contribution in [3.8, 4) is 0 Å². The first-order valence-corrected chi connectivity index (χ1v) is 4.74. The predicted octanol–water partition coefficient (Wildman–Crippen LogP) is 1.14. The number of aliphatic hydroxyl groups excluding tert-OH is 1. The molecule has 1 aliphatic heterocycles. The second-order valence-corrected chi connectivity index (χ2v) is 3.38. The molecule has 1 unspecified atom stereocenters. The van der Waals surface area contributed by atoms with E-state index in [-0.39, 0.29) is 12.6 Å². The van der Waals surface area contributed by atoms with Crippen LogP contribution in [0.15, 0.2) is 5.11 Å². The molecule has 0 saturated carbocycles. The molecule has 1 aliphatic rings. The molecule has 0 bridgehead atoms. The van der Waals surface area contributed by atoms with Gasteiger partial charge in [0, 0.05) is 4.91 Å². The minimum atomic E-state index is -0.245. The molecule has 0 spiro atoms. The molecule has 74 valence electrons. The molecule has 0 aromatic heterocycles. The van der Waals surface area contributed by atoms with Gasteiger partial charge >= 0.3 is 0 Å². The molecule has 5 nitrogen and oxygen atoms in total. The van der Waals surface area contributed by atoms with Crippen molar-refractivity contribution in [3.63, 3.8) is 0 Å². The molecule has 0 aliphatic carbocycles. The lowest BCUT2D eigenvalue weighted by Gasteiger charge is -2.16. The smallest absolute Gasteiger partial charge is 0.0617 e. The van der Waals surface area contributed by atoms with E-state index in [1.807, 2.05) is 0 Å². The van der Waals surface area contributed by atoms with Crippen LogP contribution in [0, 0.1) is 0 Å². The van der Waals surface area contributed by atoms with E-state index >= 15 is 0 Å². The molecule has 1 rings (SSSR count). The maximum absolute atomic E-state index is 8.85. The lowest BCUT2D eigenvalue weighted by atomic mass is 10.2. The third kappa shape index (κ3) is 3.63. The first-order valence-electron chi connectivity index (χ1n) is 4.74. The summed E-state index contributed by atoms with van der Waals surface area (Å²) in [7, 11) is 0. The molecular weight excluding hydrogens is 168 g/mol. The molecule has 1 atom stereocenters. The molecule has 0 radical (unpaired) electrons. The van der Waals surface area contributed by atoms with Gasteiger partial charge in [-0.05, 0) is 44.4 Å². The van der Waals surface area contributed by atoms with E-state index < -0.39 is 0 Å². The summed E-state index contributed by atoms with van der Waals surface area (Å²) in [5.74, 6) is 0. The maximum Gasteiger partial charge on any atom is 0.0617 e. The summed E-state index contributed by atoms with van der Waals surface area (Å²) < 4.78 is 0. The van der Waals surface area contributed by atoms with Crippen LogP contribution in [-0.4, -0.2) is 42.3 Å². The van der Waals surface area contributed by atoms with Crippen molar-refractivity contribution < 1.29 is 5.11 Å². The summed E-state index contributed by atoms with van der Waals surface area (Å²) in [6.45, 7) is 3.19. The summed E-state index contributed by atoms with van der Waals surface area (Å²) in [6, 6.07) is -0.245. The monoisotopic (exact) mass is 184 g/mol. The first kappa shape index (κ1) is 10.3. The highest BCUT2D eigenvalue weighted by atomic mass is 16.3. The van der Waals surface area contributed by atoms with E-state index in [1.54, 1.807) is 0 Å². The normalized spacial score (nSPS) is 19.8. The van der Waals surface area contributed by atoms with E-state index in [1.165, 1.54) is 12.8 Å². The van der Waals surface area contributed by atoms with Crippen molar-refractivity contribution in [2.24, 2.45) is 5.11 Å². The van der Waals surface area contributed by atoms with Gasteiger partial charge in [0.2, 0.25) is 0 Å². The van der Waals surface area contributed by atoms with Crippen molar-refractivity contribution in [1.82, 2.24) is 4.90 Å². The predicted molar refractivity (Wildman–Crippen MR) is 50.3 cm³/mol. The number of azide groups is 1. The van der Waals surface area contributed by atoms with E-state index in [0.717, 1.165) is 26.1 Å². The third-order valence-corrected chi connectivity index (χ3v) is 2.40. The van der Waals surface area contributed by atoms with Crippen molar-refractivity contribution in [2.45, 2.75) is 25.3 Å². The Morgan fingerprint density at radius 1 is 1.46 bits per heavy atom. The SMILES string of the molecule is [N-]=[N+]=NC(CO)CCN1CCCC1. The number of likely N-dealkylation sites (tertiary alicyclic amines) is 1. The Balaban J connectivity index is 2.18. The van der Waals surface area contributed by atoms with E-state index in [9.17, 15) is 0 Å². The summed E-state index contributed by atoms with van der Waals surface area (Å²) in [6.07, 6.45) is 3.30. The quantitative estimate of drug-likeness (QED) is 0.395. The highest BCUT2D eigenvalue weighted by Crippen LogP contribution is 2.09. The Labute approximate surface area is 78.0 Å². The first-order chi connectivity index (χ1) is 6.36. The number of rotatable bonds is 5. The molecule has 0 aromatic rings. The van der Waals surface area contributed by atoms with Crippen LogP contribution in [-0.2, 0) is 0 Å². The van der Waals surface area contributed by atoms with Gasteiger partial charge in [-0.3, -0.25) is 0 Å². The fourth-order valence-electron chi connectivity index (χ4n) is 1.60. The molecule has 1 heterocycles. The summed E-state index contributed by atoms with van der Waals surface area (Å²) >= 11 is 0. The van der Waals surface area contributed by atoms with Crippen molar-refractivity contribution in [3.05, 3.63) is 10.4 Å². The van der Waals surface area contributed by atoms with E-state index in [4.69, 9.17) is 10.6 Å². The zero-order chi connectivity index (χ0) is 9.52. The third-order valence-electron chi connectivity index (χ3n) is 2.40. The van der Waals surface area contributed by atoms with Gasteiger partial charge in [0.15, 0.2) is 0 Å². The molecule has 1 N–H and O–H groups in total. The van der Waals surface area contributed by atoms with Crippen LogP contribution >= 0.6 is 0 Å². The summed E-state index contributed by atoms with van der Waals surface area (Å²) in [4.78, 5) is 5.04. The van der Waals surface area contributed by atoms with Crippen molar-refractivity contribution >= 4 is 0 Å². The minimum absolute atomic E-state index is 0.0437. The number of aliphatic hydroxyl groups is 1. The molecule has 0 aromatic carbocycles. The minimum Gasteiger partial charge on any atom is -0.396 e. The number of hydrogen-bond donors (Lipinski definition) is 1. The lowest BCUT2D eigenvalue weighted by molar-refractivity contribution is 0.240. The Bertz CT molecular complexity index is 185. The Hall–Kier alpha value is -0.770. The lowest BCUT2D eigenvalue weighted by Crippen LogP contribution is -2.24. The fraction of sp³-hybridized carbons (Fsp3) is 1.00. The van der Waals surface area contributed by atoms with Gasteiger partial charge in [0.25, 0.3) is 0 Å². The maximum atomic E-state index is 8.85. The van der Waals surface area contributed by atoms with Crippen LogP contribution in [0.25, 0.3) is 10.4 Å². The summed E-state index contributed by atoms with van der Waals surface area (Å²) in [5.41, 5.74) is 8.19. The Kier molecular flexibility index (Phi) is 4.60. The fourth-order valence-corrected chi connectivity index (χ4v) is 1.60. The van der Waals surface area contributed by atoms with Crippen LogP contribution in [0.5, 0.6) is 0 Å². The second-order valence-electron chi connectivity index (χ2n) is 3.38. The zero-order valence-electron chi connectivity index (χ0n) is 7.76. The number of hydrogen-bond acceptors (Lipinski definition) is 3. The van der Waals surface area contributed by atoms with Gasteiger partial charge in [0.1, 0.15) is 0 Å². The van der Waals surface area contributed by atoms with Crippen LogP contribution < -0.4 is 0 Å².